The molecule has 0 saturated heterocycles. The third kappa shape index (κ3) is 1.93. The number of pyridine rings is 1. The number of carbonyl (C=O) groups excluding carboxylic acids is 1. The highest BCUT2D eigenvalue weighted by Crippen LogP contribution is 2.29. The van der Waals surface area contributed by atoms with Gasteiger partial charge in [0.1, 0.15) is 5.56 Å². The minimum atomic E-state index is -0.688. The first-order chi connectivity index (χ1) is 8.47. The standard InChI is InChI=1S/C12H9BrClNO3/c1-5-3-7(13)10-8(9(5)14)11(16)6(4-15-10)12(17)18-2/h3-4H,1-2H3,(H,15,16). The maximum Gasteiger partial charge on any atom is 0.343 e. The van der Waals surface area contributed by atoms with E-state index in [0.717, 1.165) is 5.56 Å². The number of hydrogen-bond acceptors (Lipinski definition) is 3. The van der Waals surface area contributed by atoms with E-state index in [2.05, 4.69) is 25.7 Å². The molecule has 0 aliphatic rings. The number of benzene rings is 1. The molecule has 0 unspecified atom stereocenters. The average molecular weight is 331 g/mol. The van der Waals surface area contributed by atoms with Gasteiger partial charge in [-0.1, -0.05) is 11.6 Å². The number of aryl methyl sites for hydroxylation is 1. The van der Waals surface area contributed by atoms with Gasteiger partial charge < -0.3 is 9.72 Å². The first-order valence-electron chi connectivity index (χ1n) is 5.05. The van der Waals surface area contributed by atoms with Crippen molar-refractivity contribution in [2.24, 2.45) is 0 Å². The molecule has 1 N–H and O–H groups in total. The fourth-order valence-corrected chi connectivity index (χ4v) is 2.60. The Balaban J connectivity index is 2.94. The number of methoxy groups -OCH3 is 1. The molecular weight excluding hydrogens is 321 g/mol. The van der Waals surface area contributed by atoms with Crippen LogP contribution < -0.4 is 5.43 Å². The maximum atomic E-state index is 12.2. The summed E-state index contributed by atoms with van der Waals surface area (Å²) in [6.07, 6.45) is 1.33. The molecule has 2 rings (SSSR count). The topological polar surface area (TPSA) is 59.2 Å². The summed E-state index contributed by atoms with van der Waals surface area (Å²) < 4.78 is 5.27. The fourth-order valence-electron chi connectivity index (χ4n) is 1.71. The first-order valence-corrected chi connectivity index (χ1v) is 6.22. The molecule has 0 aliphatic heterocycles. The van der Waals surface area contributed by atoms with Gasteiger partial charge in [0.15, 0.2) is 0 Å². The largest absolute Gasteiger partial charge is 0.465 e. The van der Waals surface area contributed by atoms with Crippen LogP contribution >= 0.6 is 27.5 Å². The van der Waals surface area contributed by atoms with Gasteiger partial charge in [0, 0.05) is 10.7 Å². The van der Waals surface area contributed by atoms with Crippen LogP contribution in [-0.2, 0) is 4.74 Å². The van der Waals surface area contributed by atoms with Crippen LogP contribution in [0.15, 0.2) is 21.5 Å². The molecule has 1 heterocycles. The Morgan fingerprint density at radius 2 is 2.17 bits per heavy atom. The van der Waals surface area contributed by atoms with Crippen LogP contribution in [0, 0.1) is 6.92 Å². The molecular formula is C12H9BrClNO3. The predicted molar refractivity (Wildman–Crippen MR) is 73.4 cm³/mol. The van der Waals surface area contributed by atoms with Crippen molar-refractivity contribution in [1.29, 1.82) is 0 Å². The lowest BCUT2D eigenvalue weighted by Gasteiger charge is -2.07. The molecule has 18 heavy (non-hydrogen) atoms. The van der Waals surface area contributed by atoms with Crippen molar-refractivity contribution < 1.29 is 9.53 Å². The van der Waals surface area contributed by atoms with Gasteiger partial charge in [0.05, 0.1) is 23.0 Å². The second-order valence-electron chi connectivity index (χ2n) is 3.76. The number of carbonyl (C=O) groups is 1. The average Bonchev–Trinajstić information content (AvgIpc) is 2.35. The second kappa shape index (κ2) is 4.74. The molecule has 0 fully saturated rings. The zero-order valence-electron chi connectivity index (χ0n) is 9.64. The van der Waals surface area contributed by atoms with Crippen LogP contribution in [0.5, 0.6) is 0 Å². The van der Waals surface area contributed by atoms with E-state index in [1.807, 2.05) is 0 Å². The molecule has 0 atom stereocenters. The summed E-state index contributed by atoms with van der Waals surface area (Å²) in [7, 11) is 1.22. The van der Waals surface area contributed by atoms with E-state index in [4.69, 9.17) is 11.6 Å². The molecule has 0 amide bonds. The highest BCUT2D eigenvalue weighted by molar-refractivity contribution is 9.10. The Morgan fingerprint density at radius 1 is 1.50 bits per heavy atom. The van der Waals surface area contributed by atoms with E-state index < -0.39 is 11.4 Å². The normalized spacial score (nSPS) is 10.7. The van der Waals surface area contributed by atoms with Crippen LogP contribution in [0.25, 0.3) is 10.9 Å². The van der Waals surface area contributed by atoms with E-state index >= 15 is 0 Å². The Kier molecular flexibility index (Phi) is 3.45. The molecule has 0 aliphatic carbocycles. The van der Waals surface area contributed by atoms with Crippen molar-refractivity contribution in [2.75, 3.05) is 7.11 Å². The molecule has 0 saturated carbocycles. The number of esters is 1. The van der Waals surface area contributed by atoms with Crippen molar-refractivity contribution >= 4 is 44.4 Å². The van der Waals surface area contributed by atoms with E-state index in [9.17, 15) is 9.59 Å². The van der Waals surface area contributed by atoms with Crippen LogP contribution in [0.2, 0.25) is 5.02 Å². The predicted octanol–water partition coefficient (Wildman–Crippen LogP) is 3.04. The summed E-state index contributed by atoms with van der Waals surface area (Å²) >= 11 is 9.48. The van der Waals surface area contributed by atoms with E-state index in [0.29, 0.717) is 15.0 Å². The van der Waals surface area contributed by atoms with Crippen LogP contribution in [0.1, 0.15) is 15.9 Å². The van der Waals surface area contributed by atoms with Crippen molar-refractivity contribution in [1.82, 2.24) is 4.98 Å². The zero-order valence-corrected chi connectivity index (χ0v) is 12.0. The summed E-state index contributed by atoms with van der Waals surface area (Å²) in [5.41, 5.74) is 0.807. The van der Waals surface area contributed by atoms with Gasteiger partial charge in [-0.3, -0.25) is 4.79 Å². The SMILES string of the molecule is COC(=O)c1c[nH]c2c(Br)cc(C)c(Cl)c2c1=O. The molecule has 4 nitrogen and oxygen atoms in total. The van der Waals surface area contributed by atoms with Gasteiger partial charge >= 0.3 is 5.97 Å². The second-order valence-corrected chi connectivity index (χ2v) is 4.99. The van der Waals surface area contributed by atoms with Gasteiger partial charge in [-0.15, -0.1) is 0 Å². The van der Waals surface area contributed by atoms with Gasteiger partial charge in [0.25, 0.3) is 0 Å². The Morgan fingerprint density at radius 3 is 2.78 bits per heavy atom. The number of aromatic amines is 1. The van der Waals surface area contributed by atoms with Gasteiger partial charge in [-0.05, 0) is 34.5 Å². The minimum absolute atomic E-state index is 0.0654. The van der Waals surface area contributed by atoms with Crippen molar-refractivity contribution in [3.8, 4) is 0 Å². The van der Waals surface area contributed by atoms with Crippen molar-refractivity contribution in [3.63, 3.8) is 0 Å². The lowest BCUT2D eigenvalue weighted by molar-refractivity contribution is 0.0599. The van der Waals surface area contributed by atoms with Crippen LogP contribution in [0.3, 0.4) is 0 Å². The zero-order chi connectivity index (χ0) is 13.4. The van der Waals surface area contributed by atoms with Gasteiger partial charge in [0.2, 0.25) is 5.43 Å². The van der Waals surface area contributed by atoms with E-state index in [1.54, 1.807) is 13.0 Å². The maximum absolute atomic E-state index is 12.2. The molecule has 6 heteroatoms. The number of fused-ring (bicyclic) bond motifs is 1. The molecule has 1 aromatic carbocycles. The molecule has 0 bridgehead atoms. The number of H-pyrrole nitrogens is 1. The minimum Gasteiger partial charge on any atom is -0.465 e. The van der Waals surface area contributed by atoms with E-state index in [1.165, 1.54) is 13.3 Å². The number of nitrogens with one attached hydrogen (secondary N) is 1. The van der Waals surface area contributed by atoms with Gasteiger partial charge in [-0.25, -0.2) is 4.79 Å². The lowest BCUT2D eigenvalue weighted by atomic mass is 10.1. The van der Waals surface area contributed by atoms with Crippen molar-refractivity contribution in [3.05, 3.63) is 43.1 Å². The number of hydrogen-bond donors (Lipinski definition) is 1. The molecule has 0 spiro atoms. The number of halogens is 2. The Hall–Kier alpha value is -1.33. The summed E-state index contributed by atoms with van der Waals surface area (Å²) in [5.74, 6) is -0.688. The Bertz CT molecular complexity index is 709. The van der Waals surface area contributed by atoms with Gasteiger partial charge in [-0.2, -0.15) is 0 Å². The van der Waals surface area contributed by atoms with Crippen LogP contribution in [0.4, 0.5) is 0 Å². The van der Waals surface area contributed by atoms with Crippen molar-refractivity contribution in [2.45, 2.75) is 6.92 Å². The fraction of sp³-hybridized carbons (Fsp3) is 0.167. The molecule has 94 valence electrons. The molecule has 0 radical (unpaired) electrons. The summed E-state index contributed by atoms with van der Waals surface area (Å²) in [5, 5.41) is 0.617. The first kappa shape index (κ1) is 13.1. The quantitative estimate of drug-likeness (QED) is 0.818. The third-order valence-electron chi connectivity index (χ3n) is 2.64. The third-order valence-corrected chi connectivity index (χ3v) is 3.75. The number of ether oxygens (including phenoxy) is 1. The Labute approximate surface area is 116 Å². The monoisotopic (exact) mass is 329 g/mol. The smallest absolute Gasteiger partial charge is 0.343 e. The summed E-state index contributed by atoms with van der Waals surface area (Å²) in [6, 6.07) is 1.80. The molecule has 1 aromatic heterocycles. The lowest BCUT2D eigenvalue weighted by Crippen LogP contribution is -2.17. The highest BCUT2D eigenvalue weighted by atomic mass is 79.9. The number of aromatic nitrogens is 1. The highest BCUT2D eigenvalue weighted by Gasteiger charge is 2.17. The summed E-state index contributed by atoms with van der Waals surface area (Å²) in [6.45, 7) is 1.79. The molecule has 2 aromatic rings. The summed E-state index contributed by atoms with van der Waals surface area (Å²) in [4.78, 5) is 26.6. The van der Waals surface area contributed by atoms with E-state index in [-0.39, 0.29) is 10.9 Å². The van der Waals surface area contributed by atoms with Crippen LogP contribution in [-0.4, -0.2) is 18.1 Å². The number of rotatable bonds is 1.